The topological polar surface area (TPSA) is 38.3 Å². The summed E-state index contributed by atoms with van der Waals surface area (Å²) in [4.78, 5) is 11.7. The van der Waals surface area contributed by atoms with Gasteiger partial charge in [0.1, 0.15) is 5.75 Å². The van der Waals surface area contributed by atoms with Gasteiger partial charge in [-0.15, -0.1) is 0 Å². The molecule has 1 amide bonds. The van der Waals surface area contributed by atoms with E-state index in [0.717, 1.165) is 11.0 Å². The number of hydrogen-bond acceptors (Lipinski definition) is 3. The van der Waals surface area contributed by atoms with Gasteiger partial charge in [0.15, 0.2) is 6.61 Å². The van der Waals surface area contributed by atoms with Crippen LogP contribution in [0.1, 0.15) is 32.1 Å². The lowest BCUT2D eigenvalue weighted by molar-refractivity contribution is -0.122. The lowest BCUT2D eigenvalue weighted by Crippen LogP contribution is -2.31. The van der Waals surface area contributed by atoms with Gasteiger partial charge in [-0.05, 0) is 37.1 Å². The van der Waals surface area contributed by atoms with Gasteiger partial charge < -0.3 is 10.1 Å². The monoisotopic (exact) mass is 327 g/mol. The van der Waals surface area contributed by atoms with Crippen molar-refractivity contribution in [2.24, 2.45) is 0 Å². The van der Waals surface area contributed by atoms with Gasteiger partial charge in [-0.25, -0.2) is 0 Å². The van der Waals surface area contributed by atoms with Crippen molar-refractivity contribution in [1.82, 2.24) is 5.32 Å². The Hall–Kier alpha value is -0.870. The molecule has 1 saturated carbocycles. The molecule has 0 aromatic heterocycles. The molecule has 2 rings (SSSR count). The zero-order valence-electron chi connectivity index (χ0n) is 12.1. The largest absolute Gasteiger partial charge is 0.484 e. The number of halogens is 1. The Kier molecular flexibility index (Phi) is 7.24. The minimum atomic E-state index is -0.0748. The summed E-state index contributed by atoms with van der Waals surface area (Å²) in [5, 5.41) is 4.34. The van der Waals surface area contributed by atoms with E-state index in [1.54, 1.807) is 24.3 Å². The predicted octanol–water partition coefficient (Wildman–Crippen LogP) is 3.90. The highest BCUT2D eigenvalue weighted by atomic mass is 35.5. The van der Waals surface area contributed by atoms with Crippen LogP contribution in [0.15, 0.2) is 24.3 Å². The van der Waals surface area contributed by atoms with E-state index in [9.17, 15) is 4.79 Å². The summed E-state index contributed by atoms with van der Waals surface area (Å²) in [5.41, 5.74) is 0. The van der Waals surface area contributed by atoms with Crippen molar-refractivity contribution in [2.45, 2.75) is 37.4 Å². The summed E-state index contributed by atoms with van der Waals surface area (Å²) in [6.45, 7) is 0.764. The molecular weight excluding hydrogens is 306 g/mol. The van der Waals surface area contributed by atoms with Gasteiger partial charge in [0.2, 0.25) is 0 Å². The second-order valence-electron chi connectivity index (χ2n) is 5.22. The van der Waals surface area contributed by atoms with Gasteiger partial charge in [-0.3, -0.25) is 4.79 Å². The Labute approximate surface area is 135 Å². The molecule has 1 aliphatic rings. The Morgan fingerprint density at radius 2 is 1.95 bits per heavy atom. The second-order valence-corrected chi connectivity index (χ2v) is 7.07. The van der Waals surface area contributed by atoms with Crippen molar-refractivity contribution in [3.05, 3.63) is 29.3 Å². The minimum absolute atomic E-state index is 0.0513. The van der Waals surface area contributed by atoms with Crippen molar-refractivity contribution in [3.8, 4) is 5.75 Å². The molecule has 0 radical (unpaired) electrons. The zero-order chi connectivity index (χ0) is 14.9. The lowest BCUT2D eigenvalue weighted by atomic mass is 10.0. The zero-order valence-corrected chi connectivity index (χ0v) is 13.7. The fourth-order valence-electron chi connectivity index (χ4n) is 2.38. The molecule has 0 spiro atoms. The number of hydrogen-bond donors (Lipinski definition) is 1. The summed E-state index contributed by atoms with van der Waals surface area (Å²) in [6, 6.07) is 7.01. The van der Waals surface area contributed by atoms with Crippen molar-refractivity contribution in [2.75, 3.05) is 18.9 Å². The van der Waals surface area contributed by atoms with Crippen molar-refractivity contribution in [3.63, 3.8) is 0 Å². The van der Waals surface area contributed by atoms with E-state index in [2.05, 4.69) is 5.32 Å². The first-order valence-electron chi connectivity index (χ1n) is 7.51. The molecule has 0 aliphatic heterocycles. The number of rotatable bonds is 7. The van der Waals surface area contributed by atoms with E-state index in [4.69, 9.17) is 16.3 Å². The molecule has 0 heterocycles. The summed E-state index contributed by atoms with van der Waals surface area (Å²) < 4.78 is 5.39. The average Bonchev–Trinajstić information content (AvgIpc) is 2.52. The molecule has 5 heteroatoms. The van der Waals surface area contributed by atoms with Gasteiger partial charge in [0.25, 0.3) is 5.91 Å². The lowest BCUT2D eigenvalue weighted by Gasteiger charge is -2.20. The van der Waals surface area contributed by atoms with E-state index in [1.165, 1.54) is 32.1 Å². The number of nitrogens with one attached hydrogen (secondary N) is 1. The minimum Gasteiger partial charge on any atom is -0.484 e. The Morgan fingerprint density at radius 1 is 1.24 bits per heavy atom. The van der Waals surface area contributed by atoms with Crippen molar-refractivity contribution in [1.29, 1.82) is 0 Å². The fraction of sp³-hybridized carbons (Fsp3) is 0.562. The maximum absolute atomic E-state index is 11.7. The number of ether oxygens (including phenoxy) is 1. The normalized spacial score (nSPS) is 15.7. The molecule has 1 aromatic rings. The summed E-state index contributed by atoms with van der Waals surface area (Å²) in [6.07, 6.45) is 6.77. The number of benzene rings is 1. The van der Waals surface area contributed by atoms with Gasteiger partial charge in [0.05, 0.1) is 0 Å². The molecule has 0 unspecified atom stereocenters. The average molecular weight is 328 g/mol. The number of carbonyl (C=O) groups is 1. The third kappa shape index (κ3) is 6.62. The number of amides is 1. The van der Waals surface area contributed by atoms with E-state index in [0.29, 0.717) is 17.3 Å². The van der Waals surface area contributed by atoms with Gasteiger partial charge >= 0.3 is 0 Å². The Balaban J connectivity index is 1.54. The van der Waals surface area contributed by atoms with Crippen molar-refractivity contribution >= 4 is 29.3 Å². The highest BCUT2D eigenvalue weighted by Crippen LogP contribution is 2.27. The van der Waals surface area contributed by atoms with Gasteiger partial charge in [-0.1, -0.05) is 30.9 Å². The molecule has 21 heavy (non-hydrogen) atoms. The summed E-state index contributed by atoms with van der Waals surface area (Å²) >= 11 is 7.77. The maximum Gasteiger partial charge on any atom is 0.257 e. The third-order valence-electron chi connectivity index (χ3n) is 3.51. The molecule has 0 bridgehead atoms. The SMILES string of the molecule is O=C(COc1ccc(Cl)cc1)NCCSC1CCCCC1. The molecule has 1 N–H and O–H groups in total. The van der Waals surface area contributed by atoms with E-state index >= 15 is 0 Å². The molecule has 116 valence electrons. The van der Waals surface area contributed by atoms with E-state index in [-0.39, 0.29) is 12.5 Å². The number of carbonyl (C=O) groups excluding carboxylic acids is 1. The van der Waals surface area contributed by atoms with Crippen LogP contribution < -0.4 is 10.1 Å². The van der Waals surface area contributed by atoms with Crippen LogP contribution in [0.2, 0.25) is 5.02 Å². The Morgan fingerprint density at radius 3 is 2.67 bits per heavy atom. The van der Waals surface area contributed by atoms with Crippen LogP contribution in [-0.4, -0.2) is 30.1 Å². The highest BCUT2D eigenvalue weighted by molar-refractivity contribution is 7.99. The Bertz CT molecular complexity index is 432. The first-order valence-corrected chi connectivity index (χ1v) is 8.93. The molecule has 1 aliphatic carbocycles. The summed E-state index contributed by atoms with van der Waals surface area (Å²) in [5.74, 6) is 1.57. The first-order chi connectivity index (χ1) is 10.2. The first kappa shape index (κ1) is 16.5. The van der Waals surface area contributed by atoms with Crippen molar-refractivity contribution < 1.29 is 9.53 Å². The van der Waals surface area contributed by atoms with Crippen LogP contribution in [0.25, 0.3) is 0 Å². The van der Waals surface area contributed by atoms with Crippen LogP contribution in [0.3, 0.4) is 0 Å². The van der Waals surface area contributed by atoms with Gasteiger partial charge in [-0.2, -0.15) is 11.8 Å². The molecule has 0 atom stereocenters. The molecule has 0 saturated heterocycles. The smallest absolute Gasteiger partial charge is 0.257 e. The molecule has 1 aromatic carbocycles. The van der Waals surface area contributed by atoms with Crippen LogP contribution in [0, 0.1) is 0 Å². The second kappa shape index (κ2) is 9.21. The number of thioether (sulfide) groups is 1. The molecule has 1 fully saturated rings. The predicted molar refractivity (Wildman–Crippen MR) is 89.3 cm³/mol. The standard InChI is InChI=1S/C16H22ClNO2S/c17-13-6-8-14(9-7-13)20-12-16(19)18-10-11-21-15-4-2-1-3-5-15/h6-9,15H,1-5,10-12H2,(H,18,19). The van der Waals surface area contributed by atoms with Crippen LogP contribution in [0.5, 0.6) is 5.75 Å². The maximum atomic E-state index is 11.7. The van der Waals surface area contributed by atoms with Crippen LogP contribution in [0.4, 0.5) is 0 Å². The third-order valence-corrected chi connectivity index (χ3v) is 5.15. The van der Waals surface area contributed by atoms with Crippen LogP contribution >= 0.6 is 23.4 Å². The molecule has 3 nitrogen and oxygen atoms in total. The van der Waals surface area contributed by atoms with E-state index < -0.39 is 0 Å². The van der Waals surface area contributed by atoms with Crippen LogP contribution in [-0.2, 0) is 4.79 Å². The quantitative estimate of drug-likeness (QED) is 0.772. The van der Waals surface area contributed by atoms with Gasteiger partial charge in [0, 0.05) is 22.6 Å². The van der Waals surface area contributed by atoms with E-state index in [1.807, 2.05) is 11.8 Å². The molecular formula is C16H22ClNO2S. The summed E-state index contributed by atoms with van der Waals surface area (Å²) in [7, 11) is 0. The fourth-order valence-corrected chi connectivity index (χ4v) is 3.72. The highest BCUT2D eigenvalue weighted by Gasteiger charge is 2.13.